The number of nitrogens with one attached hydrogen (secondary N) is 1. The van der Waals surface area contributed by atoms with Crippen LogP contribution in [-0.4, -0.2) is 72.9 Å². The highest BCUT2D eigenvalue weighted by atomic mass is 16.2. The second-order valence-corrected chi connectivity index (χ2v) is 9.37. The maximum atomic E-state index is 12.7. The number of likely N-dealkylation sites (N-methyl/N-ethyl adjacent to an activating group) is 1. The van der Waals surface area contributed by atoms with Crippen LogP contribution in [0.1, 0.15) is 39.2 Å². The number of anilines is 1. The second kappa shape index (κ2) is 9.11. The van der Waals surface area contributed by atoms with Gasteiger partial charge in [0.1, 0.15) is 5.82 Å². The van der Waals surface area contributed by atoms with E-state index in [4.69, 9.17) is 0 Å². The molecule has 0 radical (unpaired) electrons. The summed E-state index contributed by atoms with van der Waals surface area (Å²) in [5, 5.41) is 3.07. The molecule has 0 aliphatic carbocycles. The van der Waals surface area contributed by atoms with Crippen LogP contribution in [0, 0.1) is 11.3 Å². The van der Waals surface area contributed by atoms with E-state index in [0.717, 1.165) is 56.9 Å². The minimum Gasteiger partial charge on any atom is -0.354 e. The molecule has 3 heterocycles. The Morgan fingerprint density at radius 1 is 1.17 bits per heavy atom. The van der Waals surface area contributed by atoms with Gasteiger partial charge in [0.2, 0.25) is 11.8 Å². The van der Waals surface area contributed by atoms with Crippen molar-refractivity contribution < 1.29 is 9.59 Å². The quantitative estimate of drug-likeness (QED) is 0.832. The molecule has 7 nitrogen and oxygen atoms in total. The first-order valence-corrected chi connectivity index (χ1v) is 10.7. The third kappa shape index (κ3) is 5.69. The van der Waals surface area contributed by atoms with Crippen LogP contribution in [0.3, 0.4) is 0 Å². The molecule has 1 unspecified atom stereocenters. The molecular weight excluding hydrogens is 366 g/mol. The molecule has 1 aromatic rings. The third-order valence-corrected chi connectivity index (χ3v) is 5.82. The number of nitrogens with zero attached hydrogens (tertiary/aromatic N) is 4. The Hall–Kier alpha value is -2.15. The predicted molar refractivity (Wildman–Crippen MR) is 115 cm³/mol. The van der Waals surface area contributed by atoms with Gasteiger partial charge in [-0.2, -0.15) is 0 Å². The van der Waals surface area contributed by atoms with Gasteiger partial charge in [-0.15, -0.1) is 0 Å². The van der Waals surface area contributed by atoms with Crippen molar-refractivity contribution in [2.75, 3.05) is 51.2 Å². The Balaban J connectivity index is 1.54. The second-order valence-electron chi connectivity index (χ2n) is 9.37. The fourth-order valence-electron chi connectivity index (χ4n) is 3.96. The fraction of sp³-hybridized carbons (Fsp3) is 0.682. The van der Waals surface area contributed by atoms with Crippen molar-refractivity contribution in [2.24, 2.45) is 11.3 Å². The topological polar surface area (TPSA) is 68.8 Å². The zero-order chi connectivity index (χ0) is 21.0. The summed E-state index contributed by atoms with van der Waals surface area (Å²) >= 11 is 0. The van der Waals surface area contributed by atoms with E-state index in [1.54, 1.807) is 0 Å². The molecule has 2 saturated heterocycles. The highest BCUT2D eigenvalue weighted by molar-refractivity contribution is 5.83. The Bertz CT molecular complexity index is 722. The van der Waals surface area contributed by atoms with Gasteiger partial charge < -0.3 is 20.0 Å². The highest BCUT2D eigenvalue weighted by Gasteiger charge is 2.33. The first kappa shape index (κ1) is 21.6. The summed E-state index contributed by atoms with van der Waals surface area (Å²) in [6, 6.07) is 4.03. The van der Waals surface area contributed by atoms with Gasteiger partial charge >= 0.3 is 0 Å². The van der Waals surface area contributed by atoms with E-state index >= 15 is 0 Å². The number of pyridine rings is 1. The average Bonchev–Trinajstić information content (AvgIpc) is 2.71. The number of piperidine rings is 1. The zero-order valence-electron chi connectivity index (χ0n) is 18.3. The molecule has 7 heteroatoms. The molecule has 0 aromatic carbocycles. The lowest BCUT2D eigenvalue weighted by atomic mass is 9.91. The van der Waals surface area contributed by atoms with E-state index < -0.39 is 5.41 Å². The minimum absolute atomic E-state index is 0.0365. The van der Waals surface area contributed by atoms with Gasteiger partial charge in [-0.05, 0) is 37.6 Å². The number of carbonyl (C=O) groups is 2. The number of amides is 2. The van der Waals surface area contributed by atoms with Crippen LogP contribution < -0.4 is 10.2 Å². The molecule has 0 bridgehead atoms. The summed E-state index contributed by atoms with van der Waals surface area (Å²) in [4.78, 5) is 36.3. The van der Waals surface area contributed by atoms with Crippen molar-refractivity contribution >= 4 is 17.6 Å². The first-order chi connectivity index (χ1) is 13.7. The molecule has 2 fully saturated rings. The van der Waals surface area contributed by atoms with Crippen molar-refractivity contribution in [2.45, 2.75) is 40.2 Å². The Morgan fingerprint density at radius 2 is 1.90 bits per heavy atom. The monoisotopic (exact) mass is 401 g/mol. The van der Waals surface area contributed by atoms with E-state index in [0.29, 0.717) is 13.1 Å². The van der Waals surface area contributed by atoms with Crippen molar-refractivity contribution in [1.29, 1.82) is 0 Å². The molecule has 3 rings (SSSR count). The normalized spacial score (nSPS) is 21.2. The summed E-state index contributed by atoms with van der Waals surface area (Å²) in [6.07, 6.45) is 3.53. The molecular formula is C22H35N5O2. The molecule has 1 aromatic heterocycles. The number of carbonyl (C=O) groups excluding carboxylic acids is 2. The van der Waals surface area contributed by atoms with E-state index in [1.807, 2.05) is 37.9 Å². The number of rotatable bonds is 4. The molecule has 2 aliphatic heterocycles. The molecule has 1 N–H and O–H groups in total. The van der Waals surface area contributed by atoms with E-state index in [2.05, 4.69) is 33.2 Å². The number of hydrogen-bond donors (Lipinski definition) is 1. The lowest BCUT2D eigenvalue weighted by Crippen LogP contribution is -2.48. The van der Waals surface area contributed by atoms with Gasteiger partial charge in [0.15, 0.2) is 0 Å². The van der Waals surface area contributed by atoms with Crippen LogP contribution in [0.2, 0.25) is 0 Å². The zero-order valence-corrected chi connectivity index (χ0v) is 18.3. The number of aromatic nitrogens is 1. The lowest BCUT2D eigenvalue weighted by Gasteiger charge is -2.36. The molecule has 1 atom stereocenters. The number of piperazine rings is 1. The van der Waals surface area contributed by atoms with Gasteiger partial charge in [-0.1, -0.05) is 20.8 Å². The summed E-state index contributed by atoms with van der Waals surface area (Å²) < 4.78 is 0. The van der Waals surface area contributed by atoms with Crippen LogP contribution in [0.4, 0.5) is 5.82 Å². The van der Waals surface area contributed by atoms with Gasteiger partial charge in [0.25, 0.3) is 0 Å². The fourth-order valence-corrected chi connectivity index (χ4v) is 3.96. The third-order valence-electron chi connectivity index (χ3n) is 5.82. The predicted octanol–water partition coefficient (Wildman–Crippen LogP) is 1.73. The molecule has 160 valence electrons. The lowest BCUT2D eigenvalue weighted by molar-refractivity contribution is -0.142. The van der Waals surface area contributed by atoms with Crippen LogP contribution in [0.25, 0.3) is 0 Å². The number of likely N-dealkylation sites (tertiary alicyclic amines) is 1. The standard InChI is InChI=1S/C22H35N5O2/c1-22(2,3)21(29)27-9-5-6-18(16-27)20(28)24-15-17-7-8-23-19(14-17)26-12-10-25(4)11-13-26/h7-8,14,18H,5-6,9-13,15-16H2,1-4H3,(H,24,28). The van der Waals surface area contributed by atoms with Gasteiger partial charge in [0.05, 0.1) is 5.92 Å². The minimum atomic E-state index is -0.408. The molecule has 0 spiro atoms. The summed E-state index contributed by atoms with van der Waals surface area (Å²) in [5.41, 5.74) is 0.649. The molecule has 2 amide bonds. The maximum absolute atomic E-state index is 12.7. The van der Waals surface area contributed by atoms with E-state index in [-0.39, 0.29) is 17.7 Å². The summed E-state index contributed by atoms with van der Waals surface area (Å²) in [5.74, 6) is 1.01. The van der Waals surface area contributed by atoms with Crippen LogP contribution in [0.15, 0.2) is 18.3 Å². The van der Waals surface area contributed by atoms with E-state index in [9.17, 15) is 9.59 Å². The first-order valence-electron chi connectivity index (χ1n) is 10.7. The van der Waals surface area contributed by atoms with Crippen molar-refractivity contribution in [3.63, 3.8) is 0 Å². The largest absolute Gasteiger partial charge is 0.354 e. The Morgan fingerprint density at radius 3 is 2.59 bits per heavy atom. The highest BCUT2D eigenvalue weighted by Crippen LogP contribution is 2.24. The summed E-state index contributed by atoms with van der Waals surface area (Å²) in [7, 11) is 2.14. The summed E-state index contributed by atoms with van der Waals surface area (Å²) in [6.45, 7) is 11.6. The average molecular weight is 402 g/mol. The van der Waals surface area contributed by atoms with Crippen LogP contribution in [-0.2, 0) is 16.1 Å². The van der Waals surface area contributed by atoms with Gasteiger partial charge in [-0.25, -0.2) is 4.98 Å². The molecule has 29 heavy (non-hydrogen) atoms. The van der Waals surface area contributed by atoms with Crippen LogP contribution >= 0.6 is 0 Å². The van der Waals surface area contributed by atoms with Crippen LogP contribution in [0.5, 0.6) is 0 Å². The molecule has 0 saturated carbocycles. The van der Waals surface area contributed by atoms with Crippen molar-refractivity contribution in [3.05, 3.63) is 23.9 Å². The SMILES string of the molecule is CN1CCN(c2cc(CNC(=O)C3CCCN(C(=O)C(C)(C)C)C3)ccn2)CC1. The maximum Gasteiger partial charge on any atom is 0.227 e. The van der Waals surface area contributed by atoms with Crippen molar-refractivity contribution in [1.82, 2.24) is 20.1 Å². The smallest absolute Gasteiger partial charge is 0.227 e. The number of hydrogen-bond acceptors (Lipinski definition) is 5. The molecule has 2 aliphatic rings. The van der Waals surface area contributed by atoms with Gasteiger partial charge in [0, 0.05) is 57.4 Å². The Kier molecular flexibility index (Phi) is 6.77. The van der Waals surface area contributed by atoms with E-state index in [1.165, 1.54) is 0 Å². The van der Waals surface area contributed by atoms with Gasteiger partial charge in [-0.3, -0.25) is 9.59 Å². The Labute approximate surface area is 174 Å². The van der Waals surface area contributed by atoms with Crippen molar-refractivity contribution in [3.8, 4) is 0 Å².